The first-order valence-electron chi connectivity index (χ1n) is 4.40. The molecule has 0 radical (unpaired) electrons. The average Bonchev–Trinajstić information content (AvgIpc) is 2.15. The Kier molecular flexibility index (Phi) is 3.77. The lowest BCUT2D eigenvalue weighted by Crippen LogP contribution is -2.06. The van der Waals surface area contributed by atoms with Crippen molar-refractivity contribution in [2.24, 2.45) is 0 Å². The summed E-state index contributed by atoms with van der Waals surface area (Å²) >= 11 is 0. The van der Waals surface area contributed by atoms with E-state index in [1.807, 2.05) is 0 Å². The first kappa shape index (κ1) is 11.9. The Bertz CT molecular complexity index is 451. The van der Waals surface area contributed by atoms with E-state index in [2.05, 4.69) is 0 Å². The van der Waals surface area contributed by atoms with Gasteiger partial charge in [0.25, 0.3) is 0 Å². The second kappa shape index (κ2) is 5.06. The van der Waals surface area contributed by atoms with E-state index >= 15 is 0 Å². The molecule has 0 bridgehead atoms. The third kappa shape index (κ3) is 3.53. The van der Waals surface area contributed by atoms with Crippen LogP contribution in [0.4, 0.5) is 4.39 Å². The monoisotopic (exact) mass is 224 g/mol. The van der Waals surface area contributed by atoms with Crippen LogP contribution in [0, 0.1) is 5.82 Å². The molecule has 0 spiro atoms. The van der Waals surface area contributed by atoms with E-state index in [-0.39, 0.29) is 5.57 Å². The highest BCUT2D eigenvalue weighted by Gasteiger charge is 2.11. The molecular formula is C11H9FO4. The largest absolute Gasteiger partial charge is 0.481 e. The summed E-state index contributed by atoms with van der Waals surface area (Å²) in [4.78, 5) is 21.1. The van der Waals surface area contributed by atoms with Crippen LogP contribution in [0.1, 0.15) is 12.0 Å². The lowest BCUT2D eigenvalue weighted by Gasteiger charge is -1.99. The van der Waals surface area contributed by atoms with Crippen LogP contribution < -0.4 is 0 Å². The van der Waals surface area contributed by atoms with E-state index in [0.717, 1.165) is 12.1 Å². The van der Waals surface area contributed by atoms with E-state index in [4.69, 9.17) is 10.2 Å². The van der Waals surface area contributed by atoms with Crippen LogP contribution in [0.3, 0.4) is 0 Å². The molecule has 0 heterocycles. The van der Waals surface area contributed by atoms with Crippen LogP contribution in [0.25, 0.3) is 6.08 Å². The summed E-state index contributed by atoms with van der Waals surface area (Å²) in [5.41, 5.74) is 0.0248. The minimum Gasteiger partial charge on any atom is -0.481 e. The summed E-state index contributed by atoms with van der Waals surface area (Å²) in [6.45, 7) is 0. The third-order valence-corrected chi connectivity index (χ3v) is 1.81. The van der Waals surface area contributed by atoms with E-state index in [1.165, 1.54) is 18.2 Å². The molecule has 84 valence electrons. The van der Waals surface area contributed by atoms with E-state index in [0.29, 0.717) is 5.56 Å². The highest BCUT2D eigenvalue weighted by atomic mass is 19.1. The van der Waals surface area contributed by atoms with Crippen molar-refractivity contribution < 1.29 is 24.2 Å². The second-order valence-electron chi connectivity index (χ2n) is 3.10. The van der Waals surface area contributed by atoms with Crippen LogP contribution in [-0.2, 0) is 9.59 Å². The Balaban J connectivity index is 3.02. The first-order valence-corrected chi connectivity index (χ1v) is 4.40. The normalized spacial score (nSPS) is 11.2. The first-order chi connectivity index (χ1) is 7.49. The molecule has 5 heteroatoms. The molecule has 1 rings (SSSR count). The summed E-state index contributed by atoms with van der Waals surface area (Å²) in [6.07, 6.45) is 0.533. The van der Waals surface area contributed by atoms with Crippen molar-refractivity contribution in [2.45, 2.75) is 6.42 Å². The van der Waals surface area contributed by atoms with Gasteiger partial charge in [0.15, 0.2) is 0 Å². The number of carboxylic acid groups (broad SMARTS) is 2. The maximum absolute atomic E-state index is 12.8. The predicted molar refractivity (Wildman–Crippen MR) is 54.3 cm³/mol. The van der Waals surface area contributed by atoms with Crippen molar-refractivity contribution in [3.63, 3.8) is 0 Å². The van der Waals surface area contributed by atoms with Gasteiger partial charge >= 0.3 is 11.9 Å². The summed E-state index contributed by atoms with van der Waals surface area (Å²) in [6, 6.07) is 5.26. The molecule has 1 aromatic carbocycles. The van der Waals surface area contributed by atoms with Gasteiger partial charge in [-0.25, -0.2) is 9.18 Å². The molecule has 2 N–H and O–H groups in total. The van der Waals surface area contributed by atoms with Crippen molar-refractivity contribution in [3.05, 3.63) is 41.2 Å². The summed E-state index contributed by atoms with van der Waals surface area (Å²) in [7, 11) is 0. The van der Waals surface area contributed by atoms with Gasteiger partial charge in [-0.3, -0.25) is 4.79 Å². The molecule has 4 nitrogen and oxygen atoms in total. The molecule has 16 heavy (non-hydrogen) atoms. The smallest absolute Gasteiger partial charge is 0.332 e. The average molecular weight is 224 g/mol. The summed E-state index contributed by atoms with van der Waals surface area (Å²) < 4.78 is 12.8. The van der Waals surface area contributed by atoms with Gasteiger partial charge in [0.05, 0.1) is 6.42 Å². The zero-order chi connectivity index (χ0) is 12.1. The fraction of sp³-hybridized carbons (Fsp3) is 0.0909. The molecule has 0 atom stereocenters. The standard InChI is InChI=1S/C11H9FO4/c12-9-3-1-2-7(5-9)4-8(11(15)16)6-10(13)14/h1-5H,6H2,(H,13,14)(H,15,16). The Labute approximate surface area is 90.6 Å². The molecule has 1 aromatic rings. The zero-order valence-corrected chi connectivity index (χ0v) is 8.18. The molecule has 0 aliphatic heterocycles. The van der Waals surface area contributed by atoms with Crippen LogP contribution in [0.5, 0.6) is 0 Å². The summed E-state index contributed by atoms with van der Waals surface area (Å²) in [5, 5.41) is 17.2. The van der Waals surface area contributed by atoms with E-state index in [1.54, 1.807) is 0 Å². The highest BCUT2D eigenvalue weighted by molar-refractivity contribution is 5.96. The maximum atomic E-state index is 12.8. The number of hydrogen-bond donors (Lipinski definition) is 2. The molecular weight excluding hydrogens is 215 g/mol. The van der Waals surface area contributed by atoms with Crippen molar-refractivity contribution in [3.8, 4) is 0 Å². The number of carbonyl (C=O) groups is 2. The van der Waals surface area contributed by atoms with Gasteiger partial charge in [-0.15, -0.1) is 0 Å². The minimum atomic E-state index is -1.33. The van der Waals surface area contributed by atoms with Gasteiger partial charge < -0.3 is 10.2 Å². The van der Waals surface area contributed by atoms with Crippen molar-refractivity contribution >= 4 is 18.0 Å². The second-order valence-corrected chi connectivity index (χ2v) is 3.10. The lowest BCUT2D eigenvalue weighted by atomic mass is 10.1. The maximum Gasteiger partial charge on any atom is 0.332 e. The van der Waals surface area contributed by atoms with Gasteiger partial charge in [0, 0.05) is 5.57 Å². The van der Waals surface area contributed by atoms with E-state index < -0.39 is 24.2 Å². The SMILES string of the molecule is O=C(O)CC(=Cc1cccc(F)c1)C(=O)O. The highest BCUT2D eigenvalue weighted by Crippen LogP contribution is 2.11. The summed E-state index contributed by atoms with van der Waals surface area (Å²) in [5.74, 6) is -3.08. The number of aliphatic carboxylic acids is 2. The Morgan fingerprint density at radius 3 is 2.50 bits per heavy atom. The molecule has 0 aromatic heterocycles. The fourth-order valence-corrected chi connectivity index (χ4v) is 1.15. The Morgan fingerprint density at radius 2 is 2.00 bits per heavy atom. The number of benzene rings is 1. The predicted octanol–water partition coefficient (Wildman–Crippen LogP) is 1.77. The molecule has 0 amide bonds. The minimum absolute atomic E-state index is 0.293. The quantitative estimate of drug-likeness (QED) is 0.764. The fourth-order valence-electron chi connectivity index (χ4n) is 1.15. The van der Waals surface area contributed by atoms with Gasteiger partial charge in [0.2, 0.25) is 0 Å². The van der Waals surface area contributed by atoms with Crippen LogP contribution in [0.2, 0.25) is 0 Å². The topological polar surface area (TPSA) is 74.6 Å². The van der Waals surface area contributed by atoms with Crippen LogP contribution in [0.15, 0.2) is 29.8 Å². The van der Waals surface area contributed by atoms with E-state index in [9.17, 15) is 14.0 Å². The van der Waals surface area contributed by atoms with Gasteiger partial charge in [-0.1, -0.05) is 12.1 Å². The number of carboxylic acids is 2. The number of rotatable bonds is 4. The van der Waals surface area contributed by atoms with Gasteiger partial charge in [-0.05, 0) is 23.8 Å². The number of halogens is 1. The molecule has 0 aliphatic rings. The van der Waals surface area contributed by atoms with Crippen LogP contribution in [-0.4, -0.2) is 22.2 Å². The van der Waals surface area contributed by atoms with Crippen molar-refractivity contribution in [2.75, 3.05) is 0 Å². The van der Waals surface area contributed by atoms with Crippen LogP contribution >= 0.6 is 0 Å². The third-order valence-electron chi connectivity index (χ3n) is 1.81. The number of hydrogen-bond acceptors (Lipinski definition) is 2. The lowest BCUT2D eigenvalue weighted by molar-refractivity contribution is -0.139. The molecule has 0 saturated carbocycles. The Morgan fingerprint density at radius 1 is 1.31 bits per heavy atom. The van der Waals surface area contributed by atoms with Crippen molar-refractivity contribution in [1.29, 1.82) is 0 Å². The molecule has 0 saturated heterocycles. The van der Waals surface area contributed by atoms with Gasteiger partial charge in [0.1, 0.15) is 5.82 Å². The zero-order valence-electron chi connectivity index (χ0n) is 8.18. The van der Waals surface area contributed by atoms with Crippen molar-refractivity contribution in [1.82, 2.24) is 0 Å². The Hall–Kier alpha value is -2.17. The van der Waals surface area contributed by atoms with Gasteiger partial charge in [-0.2, -0.15) is 0 Å². The molecule has 0 aliphatic carbocycles. The molecule has 0 fully saturated rings. The molecule has 0 unspecified atom stereocenters.